The van der Waals surface area contributed by atoms with E-state index in [0.29, 0.717) is 18.1 Å². The first-order valence-corrected chi connectivity index (χ1v) is 8.94. The fourth-order valence-electron chi connectivity index (χ4n) is 3.26. The number of aryl methyl sites for hydroxylation is 1. The van der Waals surface area contributed by atoms with Crippen LogP contribution in [0.3, 0.4) is 0 Å². The van der Waals surface area contributed by atoms with Crippen molar-refractivity contribution in [3.63, 3.8) is 0 Å². The lowest BCUT2D eigenvalue weighted by molar-refractivity contribution is 0.424. The molecular formula is C19H18BrN3O. The van der Waals surface area contributed by atoms with Gasteiger partial charge < -0.3 is 10.3 Å². The van der Waals surface area contributed by atoms with E-state index in [1.54, 1.807) is 0 Å². The fraction of sp³-hybridized carbons (Fsp3) is 0.263. The quantitative estimate of drug-likeness (QED) is 0.726. The predicted octanol–water partition coefficient (Wildman–Crippen LogP) is 4.43. The second kappa shape index (κ2) is 6.49. The van der Waals surface area contributed by atoms with E-state index in [1.165, 1.54) is 11.1 Å². The number of hydrogen-bond donors (Lipinski definition) is 1. The summed E-state index contributed by atoms with van der Waals surface area (Å²) in [6.07, 6.45) is 3.91. The van der Waals surface area contributed by atoms with Crippen molar-refractivity contribution >= 4 is 15.9 Å². The Hall–Kier alpha value is -1.98. The molecule has 0 radical (unpaired) electrons. The minimum Gasteiger partial charge on any atom is -0.334 e. The molecular weight excluding hydrogens is 366 g/mol. The van der Waals surface area contributed by atoms with E-state index in [0.717, 1.165) is 34.9 Å². The van der Waals surface area contributed by atoms with Gasteiger partial charge in [-0.15, -0.1) is 0 Å². The van der Waals surface area contributed by atoms with Gasteiger partial charge in [0.25, 0.3) is 5.89 Å². The summed E-state index contributed by atoms with van der Waals surface area (Å²) in [5, 5.41) is 4.12. The number of fused-ring (bicyclic) bond motifs is 1. The standard InChI is InChI=1S/C19H18BrN3O/c20-15-5-1-3-12(9-15)10-18-22-19(24-23-18)14-7-8-16-13(11-14)4-2-6-17(16)21/h1,3,5,7-9,11,17H,2,4,6,10,21H2. The van der Waals surface area contributed by atoms with Crippen molar-refractivity contribution in [2.24, 2.45) is 5.73 Å². The van der Waals surface area contributed by atoms with Gasteiger partial charge in [0.2, 0.25) is 0 Å². The van der Waals surface area contributed by atoms with Gasteiger partial charge in [0, 0.05) is 22.5 Å². The molecule has 1 aromatic heterocycles. The van der Waals surface area contributed by atoms with Crippen molar-refractivity contribution in [1.29, 1.82) is 0 Å². The maximum absolute atomic E-state index is 6.18. The van der Waals surface area contributed by atoms with Gasteiger partial charge in [0.1, 0.15) is 0 Å². The predicted molar refractivity (Wildman–Crippen MR) is 96.5 cm³/mol. The van der Waals surface area contributed by atoms with Crippen molar-refractivity contribution in [1.82, 2.24) is 10.1 Å². The zero-order chi connectivity index (χ0) is 16.5. The third kappa shape index (κ3) is 3.14. The molecule has 122 valence electrons. The van der Waals surface area contributed by atoms with Gasteiger partial charge in [-0.05, 0) is 60.2 Å². The minimum atomic E-state index is 0.151. The van der Waals surface area contributed by atoms with Crippen LogP contribution >= 0.6 is 15.9 Å². The summed E-state index contributed by atoms with van der Waals surface area (Å²) in [6, 6.07) is 14.6. The van der Waals surface area contributed by atoms with E-state index >= 15 is 0 Å². The van der Waals surface area contributed by atoms with Crippen molar-refractivity contribution < 1.29 is 4.52 Å². The van der Waals surface area contributed by atoms with Crippen LogP contribution in [0.5, 0.6) is 0 Å². The molecule has 1 atom stereocenters. The Morgan fingerprint density at radius 3 is 3.00 bits per heavy atom. The summed E-state index contributed by atoms with van der Waals surface area (Å²) in [5.74, 6) is 1.26. The number of halogens is 1. The van der Waals surface area contributed by atoms with Crippen molar-refractivity contribution in [3.05, 3.63) is 69.5 Å². The highest BCUT2D eigenvalue weighted by molar-refractivity contribution is 9.10. The summed E-state index contributed by atoms with van der Waals surface area (Å²) in [5.41, 5.74) is 10.8. The monoisotopic (exact) mass is 383 g/mol. The Bertz CT molecular complexity index is 875. The van der Waals surface area contributed by atoms with Gasteiger partial charge in [-0.1, -0.05) is 39.3 Å². The highest BCUT2D eigenvalue weighted by Crippen LogP contribution is 2.31. The van der Waals surface area contributed by atoms with Gasteiger partial charge in [-0.2, -0.15) is 4.98 Å². The largest absolute Gasteiger partial charge is 0.334 e. The Morgan fingerprint density at radius 2 is 2.12 bits per heavy atom. The molecule has 2 N–H and O–H groups in total. The Labute approximate surface area is 149 Å². The highest BCUT2D eigenvalue weighted by atomic mass is 79.9. The molecule has 0 saturated heterocycles. The van der Waals surface area contributed by atoms with Gasteiger partial charge in [-0.25, -0.2) is 0 Å². The van der Waals surface area contributed by atoms with Gasteiger partial charge >= 0.3 is 0 Å². The third-order valence-corrected chi connectivity index (χ3v) is 4.96. The molecule has 5 heteroatoms. The molecule has 24 heavy (non-hydrogen) atoms. The van der Waals surface area contributed by atoms with E-state index in [1.807, 2.05) is 18.2 Å². The zero-order valence-electron chi connectivity index (χ0n) is 13.2. The average Bonchev–Trinajstić information content (AvgIpc) is 3.03. The lowest BCUT2D eigenvalue weighted by Crippen LogP contribution is -2.17. The zero-order valence-corrected chi connectivity index (χ0v) is 14.8. The summed E-state index contributed by atoms with van der Waals surface area (Å²) in [4.78, 5) is 4.55. The minimum absolute atomic E-state index is 0.151. The normalized spacial score (nSPS) is 16.8. The first-order chi connectivity index (χ1) is 11.7. The topological polar surface area (TPSA) is 64.9 Å². The molecule has 0 bridgehead atoms. The summed E-state index contributed by atoms with van der Waals surface area (Å²) in [7, 11) is 0. The maximum atomic E-state index is 6.18. The Kier molecular flexibility index (Phi) is 4.21. The van der Waals surface area contributed by atoms with Crippen LogP contribution in [-0.4, -0.2) is 10.1 Å². The first kappa shape index (κ1) is 15.5. The van der Waals surface area contributed by atoms with Crippen molar-refractivity contribution in [2.75, 3.05) is 0 Å². The van der Waals surface area contributed by atoms with Crippen LogP contribution in [0, 0.1) is 0 Å². The molecule has 0 spiro atoms. The smallest absolute Gasteiger partial charge is 0.257 e. The lowest BCUT2D eigenvalue weighted by atomic mass is 9.87. The Balaban J connectivity index is 1.59. The molecule has 1 aliphatic carbocycles. The molecule has 2 aromatic carbocycles. The first-order valence-electron chi connectivity index (χ1n) is 8.15. The number of nitrogens with two attached hydrogens (primary N) is 1. The van der Waals surface area contributed by atoms with E-state index in [2.05, 4.69) is 50.3 Å². The molecule has 0 fully saturated rings. The molecule has 3 aromatic rings. The highest BCUT2D eigenvalue weighted by Gasteiger charge is 2.18. The molecule has 0 saturated carbocycles. The fourth-order valence-corrected chi connectivity index (χ4v) is 3.70. The van der Waals surface area contributed by atoms with Gasteiger partial charge in [-0.3, -0.25) is 0 Å². The van der Waals surface area contributed by atoms with Gasteiger partial charge in [0.15, 0.2) is 5.82 Å². The summed E-state index contributed by atoms with van der Waals surface area (Å²) >= 11 is 3.48. The third-order valence-electron chi connectivity index (χ3n) is 4.47. The molecule has 1 aliphatic rings. The number of aromatic nitrogens is 2. The van der Waals surface area contributed by atoms with Crippen LogP contribution < -0.4 is 5.73 Å². The maximum Gasteiger partial charge on any atom is 0.257 e. The van der Waals surface area contributed by atoms with Crippen molar-refractivity contribution in [2.45, 2.75) is 31.7 Å². The van der Waals surface area contributed by atoms with Crippen LogP contribution in [0.4, 0.5) is 0 Å². The molecule has 1 unspecified atom stereocenters. The van der Waals surface area contributed by atoms with Gasteiger partial charge in [0.05, 0.1) is 0 Å². The SMILES string of the molecule is NC1CCCc2cc(-c3nc(Cc4cccc(Br)c4)no3)ccc21. The molecule has 4 nitrogen and oxygen atoms in total. The second-order valence-corrected chi connectivity index (χ2v) is 7.15. The van der Waals surface area contributed by atoms with Crippen LogP contribution in [0.25, 0.3) is 11.5 Å². The molecule has 0 aliphatic heterocycles. The average molecular weight is 384 g/mol. The number of hydrogen-bond acceptors (Lipinski definition) is 4. The summed E-state index contributed by atoms with van der Waals surface area (Å²) < 4.78 is 6.52. The van der Waals surface area contributed by atoms with Crippen LogP contribution in [-0.2, 0) is 12.8 Å². The molecule has 4 rings (SSSR count). The Morgan fingerprint density at radius 1 is 1.21 bits per heavy atom. The van der Waals surface area contributed by atoms with Crippen molar-refractivity contribution in [3.8, 4) is 11.5 Å². The van der Waals surface area contributed by atoms with Crippen LogP contribution in [0.15, 0.2) is 51.5 Å². The number of rotatable bonds is 3. The van der Waals surface area contributed by atoms with Crippen LogP contribution in [0.2, 0.25) is 0 Å². The number of benzene rings is 2. The second-order valence-electron chi connectivity index (χ2n) is 6.23. The van der Waals surface area contributed by atoms with E-state index in [9.17, 15) is 0 Å². The summed E-state index contributed by atoms with van der Waals surface area (Å²) in [6.45, 7) is 0. The molecule has 0 amide bonds. The van der Waals surface area contributed by atoms with E-state index < -0.39 is 0 Å². The lowest BCUT2D eigenvalue weighted by Gasteiger charge is -2.22. The van der Waals surface area contributed by atoms with E-state index in [-0.39, 0.29) is 6.04 Å². The van der Waals surface area contributed by atoms with E-state index in [4.69, 9.17) is 10.3 Å². The van der Waals surface area contributed by atoms with Crippen LogP contribution in [0.1, 0.15) is 41.4 Å². The number of nitrogens with zero attached hydrogens (tertiary/aromatic N) is 2. The molecule has 1 heterocycles.